The summed E-state index contributed by atoms with van der Waals surface area (Å²) in [6, 6.07) is 5.91. The Labute approximate surface area is 140 Å². The first-order valence-corrected chi connectivity index (χ1v) is 8.38. The number of nitrogens with one attached hydrogen (secondary N) is 1. The number of rotatable bonds is 5. The lowest BCUT2D eigenvalue weighted by Crippen LogP contribution is -2.34. The number of benzene rings is 1. The Balaban J connectivity index is 1.45. The highest BCUT2D eigenvalue weighted by Crippen LogP contribution is 2.29. The second-order valence-corrected chi connectivity index (χ2v) is 6.50. The van der Waals surface area contributed by atoms with Crippen LogP contribution in [0.2, 0.25) is 0 Å². The molecule has 0 amide bonds. The van der Waals surface area contributed by atoms with Gasteiger partial charge in [-0.2, -0.15) is 13.2 Å². The molecule has 1 aromatic rings. The highest BCUT2D eigenvalue weighted by molar-refractivity contribution is 5.24. The van der Waals surface area contributed by atoms with Crippen LogP contribution in [0.25, 0.3) is 0 Å². The Hall–Kier alpha value is -1.37. The summed E-state index contributed by atoms with van der Waals surface area (Å²) in [4.78, 5) is 2.28. The SMILES string of the molecule is FC(F)(F)c1ccc(CN2CC[C@H](NCC3=CCCOC3)C2)cc1. The van der Waals surface area contributed by atoms with E-state index < -0.39 is 11.7 Å². The lowest BCUT2D eigenvalue weighted by Gasteiger charge is -2.19. The van der Waals surface area contributed by atoms with Crippen molar-refractivity contribution in [3.63, 3.8) is 0 Å². The highest BCUT2D eigenvalue weighted by atomic mass is 19.4. The largest absolute Gasteiger partial charge is 0.416 e. The molecular weight excluding hydrogens is 317 g/mol. The van der Waals surface area contributed by atoms with Gasteiger partial charge in [-0.1, -0.05) is 18.2 Å². The molecule has 0 radical (unpaired) electrons. The molecular formula is C18H23F3N2O. The van der Waals surface area contributed by atoms with Crippen LogP contribution in [0.15, 0.2) is 35.9 Å². The Bertz CT molecular complexity index is 569. The second kappa shape index (κ2) is 7.68. The van der Waals surface area contributed by atoms with Crippen molar-refractivity contribution in [2.75, 3.05) is 32.8 Å². The van der Waals surface area contributed by atoms with Crippen LogP contribution in [0.1, 0.15) is 24.0 Å². The zero-order chi connectivity index (χ0) is 17.0. The van der Waals surface area contributed by atoms with E-state index in [9.17, 15) is 13.2 Å². The summed E-state index contributed by atoms with van der Waals surface area (Å²) in [6.45, 7) is 4.98. The van der Waals surface area contributed by atoms with Crippen LogP contribution in [0, 0.1) is 0 Å². The fraction of sp³-hybridized carbons (Fsp3) is 0.556. The van der Waals surface area contributed by atoms with Gasteiger partial charge in [0.15, 0.2) is 0 Å². The monoisotopic (exact) mass is 340 g/mol. The Morgan fingerprint density at radius 2 is 2.00 bits per heavy atom. The molecule has 0 aliphatic carbocycles. The van der Waals surface area contributed by atoms with Gasteiger partial charge in [0.1, 0.15) is 0 Å². The van der Waals surface area contributed by atoms with Gasteiger partial charge in [-0.05, 0) is 36.1 Å². The topological polar surface area (TPSA) is 24.5 Å². The fourth-order valence-electron chi connectivity index (χ4n) is 3.21. The molecule has 3 rings (SSSR count). The summed E-state index contributed by atoms with van der Waals surface area (Å²) in [5.41, 5.74) is 1.64. The van der Waals surface area contributed by atoms with Gasteiger partial charge < -0.3 is 10.1 Å². The number of hydrogen-bond donors (Lipinski definition) is 1. The molecule has 2 aliphatic rings. The molecule has 1 aromatic carbocycles. The number of ether oxygens (including phenoxy) is 1. The Morgan fingerprint density at radius 1 is 1.21 bits per heavy atom. The van der Waals surface area contributed by atoms with Crippen LogP contribution in [0.5, 0.6) is 0 Å². The van der Waals surface area contributed by atoms with E-state index in [1.807, 2.05) is 0 Å². The van der Waals surface area contributed by atoms with Gasteiger partial charge in [-0.25, -0.2) is 0 Å². The predicted octanol–water partition coefficient (Wildman–Crippen LogP) is 3.22. The maximum absolute atomic E-state index is 12.6. The molecule has 3 nitrogen and oxygen atoms in total. The van der Waals surface area contributed by atoms with Crippen molar-refractivity contribution < 1.29 is 17.9 Å². The van der Waals surface area contributed by atoms with E-state index >= 15 is 0 Å². The molecule has 6 heteroatoms. The van der Waals surface area contributed by atoms with Crippen LogP contribution in [0.4, 0.5) is 13.2 Å². The van der Waals surface area contributed by atoms with E-state index in [1.54, 1.807) is 12.1 Å². The minimum absolute atomic E-state index is 0.433. The lowest BCUT2D eigenvalue weighted by molar-refractivity contribution is -0.137. The van der Waals surface area contributed by atoms with Gasteiger partial charge in [-0.3, -0.25) is 4.90 Å². The number of halogens is 3. The molecule has 2 heterocycles. The maximum atomic E-state index is 12.6. The first-order chi connectivity index (χ1) is 11.5. The van der Waals surface area contributed by atoms with Gasteiger partial charge in [-0.15, -0.1) is 0 Å². The summed E-state index contributed by atoms with van der Waals surface area (Å²) in [6.07, 6.45) is 0.0284. The summed E-state index contributed by atoms with van der Waals surface area (Å²) in [7, 11) is 0. The van der Waals surface area contributed by atoms with E-state index in [0.717, 1.165) is 63.4 Å². The van der Waals surface area contributed by atoms with E-state index in [4.69, 9.17) is 4.74 Å². The molecule has 0 spiro atoms. The molecule has 0 unspecified atom stereocenters. The van der Waals surface area contributed by atoms with Gasteiger partial charge >= 0.3 is 6.18 Å². The molecule has 132 valence electrons. The third-order valence-corrected chi connectivity index (χ3v) is 4.56. The molecule has 24 heavy (non-hydrogen) atoms. The number of alkyl halides is 3. The van der Waals surface area contributed by atoms with Crippen LogP contribution in [0.3, 0.4) is 0 Å². The Morgan fingerprint density at radius 3 is 2.67 bits per heavy atom. The van der Waals surface area contributed by atoms with Gasteiger partial charge in [0, 0.05) is 32.2 Å². The fourth-order valence-corrected chi connectivity index (χ4v) is 3.21. The van der Waals surface area contributed by atoms with Crippen LogP contribution in [-0.2, 0) is 17.5 Å². The molecule has 2 aliphatic heterocycles. The second-order valence-electron chi connectivity index (χ2n) is 6.50. The molecule has 0 saturated carbocycles. The third kappa shape index (κ3) is 4.82. The molecule has 0 aromatic heterocycles. The average molecular weight is 340 g/mol. The molecule has 1 fully saturated rings. The van der Waals surface area contributed by atoms with E-state index in [1.165, 1.54) is 5.57 Å². The minimum atomic E-state index is -4.27. The normalized spacial score (nSPS) is 22.6. The summed E-state index contributed by atoms with van der Waals surface area (Å²) >= 11 is 0. The van der Waals surface area contributed by atoms with Crippen molar-refractivity contribution >= 4 is 0 Å². The van der Waals surface area contributed by atoms with Gasteiger partial charge in [0.2, 0.25) is 0 Å². The van der Waals surface area contributed by atoms with Crippen LogP contribution >= 0.6 is 0 Å². The van der Waals surface area contributed by atoms with Crippen LogP contribution in [-0.4, -0.2) is 43.8 Å². The third-order valence-electron chi connectivity index (χ3n) is 4.56. The van der Waals surface area contributed by atoms with Gasteiger partial charge in [0.25, 0.3) is 0 Å². The number of likely N-dealkylation sites (tertiary alicyclic amines) is 1. The van der Waals surface area contributed by atoms with Crippen molar-refractivity contribution in [1.29, 1.82) is 0 Å². The molecule has 1 saturated heterocycles. The summed E-state index contributed by atoms with van der Waals surface area (Å²) < 4.78 is 43.2. The van der Waals surface area contributed by atoms with Crippen LogP contribution < -0.4 is 5.32 Å². The summed E-state index contributed by atoms with van der Waals surface area (Å²) in [5, 5.41) is 3.56. The van der Waals surface area contributed by atoms with Crippen molar-refractivity contribution in [2.45, 2.75) is 31.6 Å². The molecule has 1 atom stereocenters. The average Bonchev–Trinajstić information content (AvgIpc) is 3.01. The number of hydrogen-bond acceptors (Lipinski definition) is 3. The quantitative estimate of drug-likeness (QED) is 0.833. The number of nitrogens with zero attached hydrogens (tertiary/aromatic N) is 1. The maximum Gasteiger partial charge on any atom is 0.416 e. The van der Waals surface area contributed by atoms with Gasteiger partial charge in [0.05, 0.1) is 18.8 Å². The van der Waals surface area contributed by atoms with Crippen molar-refractivity contribution in [1.82, 2.24) is 10.2 Å². The standard InChI is InChI=1S/C18H23F3N2O/c19-18(20,21)16-5-3-14(4-6-16)11-23-8-7-17(12-23)22-10-15-2-1-9-24-13-15/h2-6,17,22H,1,7-13H2/t17-/m0/s1. The van der Waals surface area contributed by atoms with Crippen molar-refractivity contribution in [3.8, 4) is 0 Å². The lowest BCUT2D eigenvalue weighted by atomic mass is 10.1. The van der Waals surface area contributed by atoms with Crippen molar-refractivity contribution in [2.24, 2.45) is 0 Å². The first kappa shape index (κ1) is 17.5. The zero-order valence-corrected chi connectivity index (χ0v) is 13.6. The first-order valence-electron chi connectivity index (χ1n) is 8.38. The minimum Gasteiger partial charge on any atom is -0.377 e. The predicted molar refractivity (Wildman–Crippen MR) is 86.6 cm³/mol. The molecule has 0 bridgehead atoms. The van der Waals surface area contributed by atoms with E-state index in [-0.39, 0.29) is 0 Å². The van der Waals surface area contributed by atoms with Crippen molar-refractivity contribution in [3.05, 3.63) is 47.0 Å². The summed E-state index contributed by atoms with van der Waals surface area (Å²) in [5.74, 6) is 0. The smallest absolute Gasteiger partial charge is 0.377 e. The Kier molecular flexibility index (Phi) is 5.58. The molecule has 1 N–H and O–H groups in total. The highest BCUT2D eigenvalue weighted by Gasteiger charge is 2.30. The zero-order valence-electron chi connectivity index (χ0n) is 13.6. The van der Waals surface area contributed by atoms with E-state index in [2.05, 4.69) is 16.3 Å². The van der Waals surface area contributed by atoms with E-state index in [0.29, 0.717) is 12.6 Å².